The molecule has 0 fully saturated rings. The molecule has 1 amide bonds. The van der Waals surface area contributed by atoms with Crippen LogP contribution in [0.25, 0.3) is 0 Å². The van der Waals surface area contributed by atoms with Crippen LogP contribution in [-0.4, -0.2) is 46.9 Å². The van der Waals surface area contributed by atoms with Crippen LogP contribution in [0.1, 0.15) is 6.42 Å². The first kappa shape index (κ1) is 19.9. The standard InChI is InChI=1S/C20H23ClN2O5/c1-23-14(11-28-16-6-5-12(21)7-15(16)23)10-19(24)22-13-8-17(25-2)20(27-4)18(9-13)26-3/h5-9,14H,10-11H2,1-4H3,(H,22,24). The van der Waals surface area contributed by atoms with Crippen LogP contribution in [0, 0.1) is 0 Å². The molecule has 0 radical (unpaired) electrons. The number of hydrogen-bond donors (Lipinski definition) is 1. The summed E-state index contributed by atoms with van der Waals surface area (Å²) in [6.07, 6.45) is 0.249. The van der Waals surface area contributed by atoms with Crippen LogP contribution in [0.2, 0.25) is 5.02 Å². The number of benzene rings is 2. The molecular formula is C20H23ClN2O5. The van der Waals surface area contributed by atoms with Crippen molar-refractivity contribution in [1.82, 2.24) is 0 Å². The molecule has 2 aromatic carbocycles. The second kappa shape index (κ2) is 8.48. The number of rotatable bonds is 6. The molecule has 1 atom stereocenters. The number of ether oxygens (including phenoxy) is 4. The van der Waals surface area contributed by atoms with Crippen LogP contribution in [0.5, 0.6) is 23.0 Å². The second-order valence-electron chi connectivity index (χ2n) is 6.35. The summed E-state index contributed by atoms with van der Waals surface area (Å²) < 4.78 is 21.7. The van der Waals surface area contributed by atoms with E-state index in [1.54, 1.807) is 18.2 Å². The highest BCUT2D eigenvalue weighted by atomic mass is 35.5. The number of anilines is 2. The number of fused-ring (bicyclic) bond motifs is 1. The molecule has 150 valence electrons. The van der Waals surface area contributed by atoms with Crippen LogP contribution in [0.15, 0.2) is 30.3 Å². The molecule has 0 saturated carbocycles. The Morgan fingerprint density at radius 2 is 1.86 bits per heavy atom. The number of carbonyl (C=O) groups excluding carboxylic acids is 1. The van der Waals surface area contributed by atoms with Crippen LogP contribution >= 0.6 is 11.6 Å². The second-order valence-corrected chi connectivity index (χ2v) is 6.79. The fraction of sp³-hybridized carbons (Fsp3) is 0.350. The number of methoxy groups -OCH3 is 3. The van der Waals surface area contributed by atoms with Gasteiger partial charge in [-0.2, -0.15) is 0 Å². The third-order valence-corrected chi connectivity index (χ3v) is 4.88. The maximum absolute atomic E-state index is 12.6. The van der Waals surface area contributed by atoms with Crippen molar-refractivity contribution in [2.75, 3.05) is 45.2 Å². The predicted octanol–water partition coefficient (Wildman–Crippen LogP) is 3.59. The molecule has 0 spiro atoms. The van der Waals surface area contributed by atoms with Crippen molar-refractivity contribution in [3.63, 3.8) is 0 Å². The van der Waals surface area contributed by atoms with Gasteiger partial charge in [0, 0.05) is 29.9 Å². The van der Waals surface area contributed by atoms with Crippen molar-refractivity contribution in [3.05, 3.63) is 35.4 Å². The quantitative estimate of drug-likeness (QED) is 0.790. The average molecular weight is 407 g/mol. The van der Waals surface area contributed by atoms with Gasteiger partial charge in [-0.05, 0) is 18.2 Å². The SMILES string of the molecule is COc1cc(NC(=O)CC2COc3ccc(Cl)cc3N2C)cc(OC)c1OC. The van der Waals surface area contributed by atoms with Gasteiger partial charge in [0.15, 0.2) is 11.5 Å². The summed E-state index contributed by atoms with van der Waals surface area (Å²) >= 11 is 6.09. The van der Waals surface area contributed by atoms with Crippen molar-refractivity contribution in [1.29, 1.82) is 0 Å². The van der Waals surface area contributed by atoms with Crippen molar-refractivity contribution in [2.45, 2.75) is 12.5 Å². The number of likely N-dealkylation sites (N-methyl/N-ethyl adjacent to an activating group) is 1. The molecule has 0 aromatic heterocycles. The van der Waals surface area contributed by atoms with E-state index in [1.165, 1.54) is 21.3 Å². The summed E-state index contributed by atoms with van der Waals surface area (Å²) in [4.78, 5) is 14.6. The lowest BCUT2D eigenvalue weighted by molar-refractivity contribution is -0.116. The highest BCUT2D eigenvalue weighted by Crippen LogP contribution is 2.40. The normalized spacial score (nSPS) is 15.3. The van der Waals surface area contributed by atoms with E-state index in [1.807, 2.05) is 24.1 Å². The summed E-state index contributed by atoms with van der Waals surface area (Å²) in [5.74, 6) is 2.02. The van der Waals surface area contributed by atoms with E-state index in [4.69, 9.17) is 30.5 Å². The third-order valence-electron chi connectivity index (χ3n) is 4.65. The van der Waals surface area contributed by atoms with E-state index in [9.17, 15) is 4.79 Å². The molecule has 2 aromatic rings. The van der Waals surface area contributed by atoms with Gasteiger partial charge < -0.3 is 29.2 Å². The van der Waals surface area contributed by atoms with Crippen LogP contribution in [0.3, 0.4) is 0 Å². The molecule has 1 aliphatic rings. The molecule has 28 heavy (non-hydrogen) atoms. The zero-order valence-electron chi connectivity index (χ0n) is 16.2. The molecule has 0 bridgehead atoms. The zero-order valence-corrected chi connectivity index (χ0v) is 17.0. The third kappa shape index (κ3) is 4.04. The van der Waals surface area contributed by atoms with Crippen molar-refractivity contribution < 1.29 is 23.7 Å². The summed E-state index contributed by atoms with van der Waals surface area (Å²) in [5.41, 5.74) is 1.42. The minimum atomic E-state index is -0.153. The van der Waals surface area contributed by atoms with E-state index in [0.717, 1.165) is 11.4 Å². The minimum absolute atomic E-state index is 0.118. The summed E-state index contributed by atoms with van der Waals surface area (Å²) in [6.45, 7) is 0.411. The van der Waals surface area contributed by atoms with Gasteiger partial charge in [0.1, 0.15) is 12.4 Å². The molecule has 1 heterocycles. The van der Waals surface area contributed by atoms with Gasteiger partial charge in [0.25, 0.3) is 0 Å². The number of nitrogens with zero attached hydrogens (tertiary/aromatic N) is 1. The Labute approximate surface area is 169 Å². The lowest BCUT2D eigenvalue weighted by Crippen LogP contribution is -2.42. The first-order chi connectivity index (χ1) is 13.5. The molecule has 1 N–H and O–H groups in total. The Kier molecular flexibility index (Phi) is 6.04. The maximum atomic E-state index is 12.6. The fourth-order valence-corrected chi connectivity index (χ4v) is 3.32. The molecule has 7 nitrogen and oxygen atoms in total. The Balaban J connectivity index is 1.72. The largest absolute Gasteiger partial charge is 0.493 e. The molecule has 1 unspecified atom stereocenters. The van der Waals surface area contributed by atoms with Crippen LogP contribution in [0.4, 0.5) is 11.4 Å². The van der Waals surface area contributed by atoms with Gasteiger partial charge in [-0.15, -0.1) is 0 Å². The van der Waals surface area contributed by atoms with Crippen molar-refractivity contribution in [3.8, 4) is 23.0 Å². The van der Waals surface area contributed by atoms with Gasteiger partial charge >= 0.3 is 0 Å². The molecule has 0 aliphatic carbocycles. The Hall–Kier alpha value is -2.80. The molecular weight excluding hydrogens is 384 g/mol. The van der Waals surface area contributed by atoms with Crippen molar-refractivity contribution >= 4 is 28.9 Å². The average Bonchev–Trinajstić information content (AvgIpc) is 2.69. The highest BCUT2D eigenvalue weighted by Gasteiger charge is 2.27. The van der Waals surface area contributed by atoms with Gasteiger partial charge in [-0.3, -0.25) is 4.79 Å². The van der Waals surface area contributed by atoms with Gasteiger partial charge in [-0.25, -0.2) is 0 Å². The smallest absolute Gasteiger partial charge is 0.226 e. The van der Waals surface area contributed by atoms with Gasteiger partial charge in [-0.1, -0.05) is 11.6 Å². The Bertz CT molecular complexity index is 849. The van der Waals surface area contributed by atoms with Crippen molar-refractivity contribution in [2.24, 2.45) is 0 Å². The highest BCUT2D eigenvalue weighted by molar-refractivity contribution is 6.31. The first-order valence-corrected chi connectivity index (χ1v) is 9.09. The van der Waals surface area contributed by atoms with E-state index in [2.05, 4.69) is 5.32 Å². The van der Waals surface area contributed by atoms with E-state index in [0.29, 0.717) is 34.6 Å². The molecule has 0 saturated heterocycles. The summed E-state index contributed by atoms with van der Waals surface area (Å²) in [5, 5.41) is 3.51. The molecule has 1 aliphatic heterocycles. The number of halogens is 1. The topological polar surface area (TPSA) is 69.3 Å². The Morgan fingerprint density at radius 3 is 2.46 bits per heavy atom. The summed E-state index contributed by atoms with van der Waals surface area (Å²) in [6, 6.07) is 8.71. The minimum Gasteiger partial charge on any atom is -0.493 e. The molecule has 8 heteroatoms. The fourth-order valence-electron chi connectivity index (χ4n) is 3.16. The number of carbonyl (C=O) groups is 1. The van der Waals surface area contributed by atoms with E-state index < -0.39 is 0 Å². The zero-order chi connectivity index (χ0) is 20.3. The maximum Gasteiger partial charge on any atom is 0.226 e. The van der Waals surface area contributed by atoms with E-state index >= 15 is 0 Å². The van der Waals surface area contributed by atoms with Crippen LogP contribution < -0.4 is 29.2 Å². The predicted molar refractivity (Wildman–Crippen MR) is 108 cm³/mol. The van der Waals surface area contributed by atoms with E-state index in [-0.39, 0.29) is 18.4 Å². The monoisotopic (exact) mass is 406 g/mol. The van der Waals surface area contributed by atoms with Gasteiger partial charge in [0.2, 0.25) is 11.7 Å². The van der Waals surface area contributed by atoms with Crippen LogP contribution in [-0.2, 0) is 4.79 Å². The lowest BCUT2D eigenvalue weighted by atomic mass is 10.1. The Morgan fingerprint density at radius 1 is 1.18 bits per heavy atom. The number of amides is 1. The van der Waals surface area contributed by atoms with Gasteiger partial charge in [0.05, 0.1) is 39.5 Å². The number of nitrogens with one attached hydrogen (secondary N) is 1. The molecule has 3 rings (SSSR count). The lowest BCUT2D eigenvalue weighted by Gasteiger charge is -2.35. The first-order valence-electron chi connectivity index (χ1n) is 8.71. The number of hydrogen-bond acceptors (Lipinski definition) is 6. The summed E-state index contributed by atoms with van der Waals surface area (Å²) in [7, 11) is 6.51.